The Hall–Kier alpha value is -0.250. The van der Waals surface area contributed by atoms with Gasteiger partial charge in [0, 0.05) is 0 Å². The fraction of sp³-hybridized carbons (Fsp3) is 0.529. The van der Waals surface area contributed by atoms with Crippen LogP contribution in [0, 0.1) is 11.8 Å². The molecule has 0 bridgehead atoms. The molecule has 0 heterocycles. The van der Waals surface area contributed by atoms with Gasteiger partial charge in [-0.2, -0.15) is 0 Å². The van der Waals surface area contributed by atoms with Crippen LogP contribution < -0.4 is 0 Å². The van der Waals surface area contributed by atoms with Gasteiger partial charge in [-0.3, -0.25) is 0 Å². The van der Waals surface area contributed by atoms with Crippen LogP contribution in [-0.4, -0.2) is 19.6 Å². The van der Waals surface area contributed by atoms with Gasteiger partial charge in [-0.1, -0.05) is 0 Å². The van der Waals surface area contributed by atoms with E-state index in [1.165, 1.54) is 19.0 Å². The van der Waals surface area contributed by atoms with Crippen LogP contribution in [0.1, 0.15) is 33.3 Å². The molecule has 1 rings (SSSR count). The van der Waals surface area contributed by atoms with E-state index in [0.717, 1.165) is 11.8 Å². The van der Waals surface area contributed by atoms with Gasteiger partial charge < -0.3 is 0 Å². The molecule has 0 aliphatic heterocycles. The molecule has 1 heteroatoms. The van der Waals surface area contributed by atoms with Gasteiger partial charge in [0.05, 0.1) is 0 Å². The Balaban J connectivity index is 2.48. The Morgan fingerprint density at radius 1 is 0.944 bits per heavy atom. The quantitative estimate of drug-likeness (QED) is 0.564. The third-order valence-electron chi connectivity index (χ3n) is 2.58. The summed E-state index contributed by atoms with van der Waals surface area (Å²) in [4.78, 5) is 0. The van der Waals surface area contributed by atoms with E-state index in [1.807, 2.05) is 0 Å². The van der Waals surface area contributed by atoms with Crippen LogP contribution in [0.5, 0.6) is 0 Å². The average molecular weight is 359 g/mol. The number of rotatable bonds is 7. The van der Waals surface area contributed by atoms with Crippen molar-refractivity contribution in [2.45, 2.75) is 41.1 Å². The fourth-order valence-corrected chi connectivity index (χ4v) is 9.63. The average Bonchev–Trinajstić information content (AvgIpc) is 2.28. The van der Waals surface area contributed by atoms with Gasteiger partial charge in [0.25, 0.3) is 0 Å². The molecule has 0 radical (unpaired) electrons. The Labute approximate surface area is 120 Å². The molecule has 0 unspecified atom stereocenters. The van der Waals surface area contributed by atoms with E-state index in [2.05, 4.69) is 70.2 Å². The first-order valence-corrected chi connectivity index (χ1v) is 11.9. The Morgan fingerprint density at radius 2 is 1.50 bits per heavy atom. The summed E-state index contributed by atoms with van der Waals surface area (Å²) in [5.41, 5.74) is 1.34. The van der Waals surface area contributed by atoms with Crippen molar-refractivity contribution in [2.75, 3.05) is 0 Å². The van der Waals surface area contributed by atoms with Gasteiger partial charge in [-0.25, -0.2) is 0 Å². The molecule has 1 aromatic carbocycles. The molecule has 0 spiro atoms. The monoisotopic (exact) mass is 361 g/mol. The van der Waals surface area contributed by atoms with E-state index in [0.29, 0.717) is 0 Å². The summed E-state index contributed by atoms with van der Waals surface area (Å²) < 4.78 is 4.41. The van der Waals surface area contributed by atoms with E-state index in [-0.39, 0.29) is 0 Å². The summed E-state index contributed by atoms with van der Waals surface area (Å²) in [5, 5.41) is 0. The van der Waals surface area contributed by atoms with Crippen LogP contribution in [0.4, 0.5) is 0 Å². The van der Waals surface area contributed by atoms with E-state index in [9.17, 15) is 0 Å². The molecule has 0 saturated carbocycles. The van der Waals surface area contributed by atoms with Crippen molar-refractivity contribution in [2.24, 2.45) is 11.8 Å². The predicted octanol–water partition coefficient (Wildman–Crippen LogP) is 5.51. The zero-order chi connectivity index (χ0) is 13.4. The van der Waals surface area contributed by atoms with Gasteiger partial charge in [-0.15, -0.1) is 0 Å². The van der Waals surface area contributed by atoms with Crippen LogP contribution in [0.2, 0.25) is 13.4 Å². The van der Waals surface area contributed by atoms with Crippen molar-refractivity contribution in [1.29, 1.82) is 0 Å². The second kappa shape index (κ2) is 8.78. The van der Waals surface area contributed by atoms with Gasteiger partial charge in [0.2, 0.25) is 0 Å². The molecule has 18 heavy (non-hydrogen) atoms. The number of allylic oxidation sites excluding steroid dienone is 1. The van der Waals surface area contributed by atoms with Crippen molar-refractivity contribution >= 4 is 25.6 Å². The first kappa shape index (κ1) is 15.8. The molecular formula is C17H27Te+. The Morgan fingerprint density at radius 3 is 2.00 bits per heavy atom. The van der Waals surface area contributed by atoms with Crippen molar-refractivity contribution in [3.8, 4) is 0 Å². The molecular weight excluding hydrogens is 332 g/mol. The first-order chi connectivity index (χ1) is 8.58. The van der Waals surface area contributed by atoms with Crippen molar-refractivity contribution in [3.63, 3.8) is 0 Å². The topological polar surface area (TPSA) is 0 Å². The van der Waals surface area contributed by atoms with Crippen LogP contribution in [0.3, 0.4) is 0 Å². The SMILES string of the molecule is CC(C)C[Te+](C/C=C/c1ccccc1)CC(C)C. The minimum absolute atomic E-state index is 0.880. The van der Waals surface area contributed by atoms with Gasteiger partial charge >= 0.3 is 121 Å². The van der Waals surface area contributed by atoms with E-state index in [4.69, 9.17) is 0 Å². The first-order valence-electron chi connectivity index (χ1n) is 6.93. The molecule has 0 aliphatic rings. The summed E-state index contributed by atoms with van der Waals surface area (Å²) in [6, 6.07) is 10.7. The summed E-state index contributed by atoms with van der Waals surface area (Å²) in [6.45, 7) is 9.48. The zero-order valence-electron chi connectivity index (χ0n) is 12.2. The Kier molecular flexibility index (Phi) is 7.71. The molecule has 1 aromatic rings. The van der Waals surface area contributed by atoms with Crippen molar-refractivity contribution in [1.82, 2.24) is 0 Å². The summed E-state index contributed by atoms with van der Waals surface area (Å²) in [5.74, 6) is 1.76. The molecule has 0 amide bonds. The summed E-state index contributed by atoms with van der Waals surface area (Å²) in [7, 11) is 0. The molecule has 0 fully saturated rings. The van der Waals surface area contributed by atoms with Crippen LogP contribution in [0.25, 0.3) is 6.08 Å². The molecule has 100 valence electrons. The minimum atomic E-state index is -0.895. The van der Waals surface area contributed by atoms with Crippen LogP contribution in [0.15, 0.2) is 36.4 Å². The Bertz CT molecular complexity index is 328. The molecule has 0 aromatic heterocycles. The molecule has 0 N–H and O–H groups in total. The maximum absolute atomic E-state index is 2.43. The van der Waals surface area contributed by atoms with Crippen molar-refractivity contribution in [3.05, 3.63) is 42.0 Å². The third-order valence-corrected chi connectivity index (χ3v) is 11.0. The second-order valence-corrected chi connectivity index (χ2v) is 12.1. The normalized spacial score (nSPS) is 12.2. The van der Waals surface area contributed by atoms with E-state index < -0.39 is 19.6 Å². The third kappa shape index (κ3) is 7.24. The predicted molar refractivity (Wildman–Crippen MR) is 85.3 cm³/mol. The summed E-state index contributed by atoms with van der Waals surface area (Å²) in [6.07, 6.45) is 4.73. The zero-order valence-corrected chi connectivity index (χ0v) is 14.6. The van der Waals surface area contributed by atoms with Gasteiger partial charge in [-0.05, 0) is 0 Å². The number of hydrogen-bond donors (Lipinski definition) is 0. The van der Waals surface area contributed by atoms with Crippen LogP contribution >= 0.6 is 0 Å². The number of hydrogen-bond acceptors (Lipinski definition) is 0. The molecule has 0 saturated heterocycles. The molecule has 0 atom stereocenters. The second-order valence-electron chi connectivity index (χ2n) is 5.71. The molecule has 0 aliphatic carbocycles. The van der Waals surface area contributed by atoms with E-state index >= 15 is 0 Å². The van der Waals surface area contributed by atoms with Crippen molar-refractivity contribution < 1.29 is 0 Å². The maximum atomic E-state index is 2.43. The molecule has 0 nitrogen and oxygen atoms in total. The fourth-order valence-electron chi connectivity index (χ4n) is 2.03. The number of benzene rings is 1. The van der Waals surface area contributed by atoms with Gasteiger partial charge in [0.15, 0.2) is 0 Å². The standard InChI is InChI=1S/C17H27Te/c1-15(2)13-18(14-16(3)4)12-8-11-17-9-6-5-7-10-17/h5-11,15-16H,12-14H2,1-4H3/q+1/b11-8+. The van der Waals surface area contributed by atoms with Gasteiger partial charge in [0.1, 0.15) is 0 Å². The summed E-state index contributed by atoms with van der Waals surface area (Å²) >= 11 is -0.895. The van der Waals surface area contributed by atoms with Crippen LogP contribution in [-0.2, 0) is 0 Å². The van der Waals surface area contributed by atoms with E-state index in [1.54, 1.807) is 0 Å².